The summed E-state index contributed by atoms with van der Waals surface area (Å²) in [6.45, 7) is 0.490. The lowest BCUT2D eigenvalue weighted by Crippen LogP contribution is -2.58. The van der Waals surface area contributed by atoms with Crippen molar-refractivity contribution in [2.75, 3.05) is 0 Å². The number of hydrogen-bond acceptors (Lipinski definition) is 9. The summed E-state index contributed by atoms with van der Waals surface area (Å²) in [4.78, 5) is 27.6. The molecule has 0 bridgehead atoms. The van der Waals surface area contributed by atoms with Gasteiger partial charge in [0.2, 0.25) is 0 Å². The maximum Gasteiger partial charge on any atom is 0.270 e. The van der Waals surface area contributed by atoms with Crippen molar-refractivity contribution in [3.63, 3.8) is 0 Å². The molecule has 30 heavy (non-hydrogen) atoms. The summed E-state index contributed by atoms with van der Waals surface area (Å²) in [7, 11) is -4.69. The summed E-state index contributed by atoms with van der Waals surface area (Å²) in [6.07, 6.45) is 2.59. The average Bonchev–Trinajstić information content (AvgIpc) is 3.05. The van der Waals surface area contributed by atoms with Crippen molar-refractivity contribution in [2.24, 2.45) is 0 Å². The number of non-ortho nitro benzene ring substituents is 1. The van der Waals surface area contributed by atoms with Gasteiger partial charge in [0.25, 0.3) is 11.2 Å². The van der Waals surface area contributed by atoms with Crippen molar-refractivity contribution in [1.29, 1.82) is 0 Å². The number of nitrogens with zero attached hydrogens (tertiary/aromatic N) is 3. The highest BCUT2D eigenvalue weighted by atomic mass is 35.7. The van der Waals surface area contributed by atoms with Crippen LogP contribution in [0.1, 0.15) is 17.8 Å². The van der Waals surface area contributed by atoms with Crippen LogP contribution in [0.2, 0.25) is 0 Å². The number of rotatable bonds is 2. The van der Waals surface area contributed by atoms with Gasteiger partial charge in [-0.05, 0) is 41.8 Å². The lowest BCUT2D eigenvalue weighted by molar-refractivity contribution is -1.92. The molecule has 1 aliphatic rings. The SMILES string of the molecule is O=c1c2cc([N+](=O)[O-])ccc2nc2n1CC/C2=C\c1ccc(O)cc1.[O-][Cl+3]([O-])([O-])O. The second kappa shape index (κ2) is 8.18. The van der Waals surface area contributed by atoms with E-state index in [0.29, 0.717) is 24.3 Å². The molecule has 0 spiro atoms. The highest BCUT2D eigenvalue weighted by molar-refractivity contribution is 5.85. The van der Waals surface area contributed by atoms with Crippen molar-refractivity contribution in [2.45, 2.75) is 13.0 Å². The van der Waals surface area contributed by atoms with Gasteiger partial charge in [-0.3, -0.25) is 19.5 Å². The van der Waals surface area contributed by atoms with E-state index in [1.54, 1.807) is 28.8 Å². The molecule has 0 saturated carbocycles. The van der Waals surface area contributed by atoms with Gasteiger partial charge in [-0.1, -0.05) is 12.1 Å². The molecule has 0 radical (unpaired) electrons. The first-order chi connectivity index (χ1) is 14.0. The van der Waals surface area contributed by atoms with E-state index in [9.17, 15) is 20.0 Å². The molecule has 0 saturated heterocycles. The van der Waals surface area contributed by atoms with E-state index < -0.39 is 15.2 Å². The number of aromatic nitrogens is 2. The summed E-state index contributed by atoms with van der Waals surface area (Å²) in [5.74, 6) is 0.773. The number of nitro groups is 1. The molecular weight excluding hydrogens is 422 g/mol. The van der Waals surface area contributed by atoms with E-state index >= 15 is 0 Å². The third kappa shape index (κ3) is 4.97. The van der Waals surface area contributed by atoms with Crippen LogP contribution in [0, 0.1) is 20.4 Å². The number of nitro benzene ring substituents is 1. The number of phenolic OH excluding ortho intramolecular Hbond substituents is 1. The van der Waals surface area contributed by atoms with Crippen LogP contribution in [0.5, 0.6) is 5.75 Å². The number of halogens is 1. The van der Waals surface area contributed by atoms with E-state index in [-0.39, 0.29) is 22.4 Å². The fraction of sp³-hybridized carbons (Fsp3) is 0.111. The number of aromatic hydroxyl groups is 1. The summed E-state index contributed by atoms with van der Waals surface area (Å²) >= 11 is 0. The molecule has 2 N–H and O–H groups in total. The molecule has 3 aromatic rings. The quantitative estimate of drug-likeness (QED) is 0.369. The molecule has 0 fully saturated rings. The Bertz CT molecular complexity index is 1190. The maximum atomic E-state index is 12.7. The second-order valence-corrected chi connectivity index (χ2v) is 7.05. The summed E-state index contributed by atoms with van der Waals surface area (Å²) < 4.78 is 34.3. The second-order valence-electron chi connectivity index (χ2n) is 6.26. The van der Waals surface area contributed by atoms with Gasteiger partial charge in [0.05, 0.1) is 30.7 Å². The molecule has 156 valence electrons. The molecule has 0 unspecified atom stereocenters. The first-order valence-corrected chi connectivity index (χ1v) is 9.61. The van der Waals surface area contributed by atoms with Gasteiger partial charge in [0.15, 0.2) is 0 Å². The van der Waals surface area contributed by atoms with Crippen LogP contribution in [-0.4, -0.2) is 24.2 Å². The lowest BCUT2D eigenvalue weighted by Gasteiger charge is -2.05. The first-order valence-electron chi connectivity index (χ1n) is 8.35. The molecule has 1 aliphatic heterocycles. The van der Waals surface area contributed by atoms with Crippen LogP contribution in [0.3, 0.4) is 0 Å². The van der Waals surface area contributed by atoms with Gasteiger partial charge in [-0.15, -0.1) is 0 Å². The first kappa shape index (κ1) is 21.4. The largest absolute Gasteiger partial charge is 0.508 e. The minimum Gasteiger partial charge on any atom is -0.508 e. The Labute approximate surface area is 170 Å². The summed E-state index contributed by atoms with van der Waals surface area (Å²) in [6, 6.07) is 10.9. The summed E-state index contributed by atoms with van der Waals surface area (Å²) in [5, 5.41) is 20.5. The van der Waals surface area contributed by atoms with Crippen LogP contribution in [0.15, 0.2) is 47.3 Å². The predicted molar refractivity (Wildman–Crippen MR) is 95.5 cm³/mol. The highest BCUT2D eigenvalue weighted by Crippen LogP contribution is 2.28. The van der Waals surface area contributed by atoms with Gasteiger partial charge in [0.1, 0.15) is 11.6 Å². The molecule has 4 rings (SSSR count). The minimum absolute atomic E-state index is 0.121. The average molecular weight is 436 g/mol. The topological polar surface area (TPSA) is 188 Å². The van der Waals surface area contributed by atoms with Gasteiger partial charge in [0, 0.05) is 18.7 Å². The molecule has 0 atom stereocenters. The number of benzene rings is 2. The molecule has 1 aromatic heterocycles. The van der Waals surface area contributed by atoms with E-state index in [1.807, 2.05) is 6.08 Å². The molecule has 11 nitrogen and oxygen atoms in total. The van der Waals surface area contributed by atoms with Crippen LogP contribution in [0.25, 0.3) is 22.6 Å². The van der Waals surface area contributed by atoms with Gasteiger partial charge >= 0.3 is 0 Å². The smallest absolute Gasteiger partial charge is 0.270 e. The normalized spacial score (nSPS) is 14.3. The maximum absolute atomic E-state index is 12.7. The third-order valence-corrected chi connectivity index (χ3v) is 4.27. The van der Waals surface area contributed by atoms with Crippen LogP contribution < -0.4 is 19.5 Å². The molecular formula is C18H14ClN3O8. The van der Waals surface area contributed by atoms with Crippen molar-refractivity contribution in [3.8, 4) is 5.75 Å². The molecule has 2 heterocycles. The highest BCUT2D eigenvalue weighted by Gasteiger charge is 2.22. The Hall–Kier alpha value is -3.35. The Morgan fingerprint density at radius 3 is 2.37 bits per heavy atom. The van der Waals surface area contributed by atoms with E-state index in [2.05, 4.69) is 4.98 Å². The summed E-state index contributed by atoms with van der Waals surface area (Å²) in [5.41, 5.74) is 1.88. The van der Waals surface area contributed by atoms with Gasteiger partial charge in [-0.25, -0.2) is 4.98 Å². The van der Waals surface area contributed by atoms with E-state index in [1.165, 1.54) is 18.2 Å². The van der Waals surface area contributed by atoms with E-state index in [4.69, 9.17) is 18.6 Å². The van der Waals surface area contributed by atoms with Crippen molar-refractivity contribution >= 4 is 28.2 Å². The Kier molecular flexibility index (Phi) is 5.82. The fourth-order valence-corrected chi connectivity index (χ4v) is 3.03. The molecule has 12 heteroatoms. The van der Waals surface area contributed by atoms with Crippen molar-refractivity contribution < 1.29 is 38.9 Å². The molecule has 0 aliphatic carbocycles. The molecule has 0 amide bonds. The molecule has 2 aromatic carbocycles. The zero-order valence-corrected chi connectivity index (χ0v) is 15.9. The monoisotopic (exact) mass is 435 g/mol. The standard InChI is InChI=1S/C18H13N3O4.ClHO4/c22-14-4-1-11(2-5-14)9-12-7-8-20-17(12)19-16-6-3-13(21(24)25)10-15(16)18(20)23;2-1(3,4)5/h1-6,9-10,22H,7-8H2;(H,2,3,4,5)/b12-9+;. The van der Waals surface area contributed by atoms with Crippen LogP contribution >= 0.6 is 0 Å². The number of phenols is 1. The number of hydrogen-bond donors (Lipinski definition) is 2. The van der Waals surface area contributed by atoms with E-state index in [0.717, 1.165) is 11.1 Å². The Morgan fingerprint density at radius 1 is 1.13 bits per heavy atom. The van der Waals surface area contributed by atoms with Crippen LogP contribution in [-0.2, 0) is 6.54 Å². The number of allylic oxidation sites excluding steroid dienone is 1. The van der Waals surface area contributed by atoms with Gasteiger partial charge < -0.3 is 5.11 Å². The Balaban J connectivity index is 0.000000461. The third-order valence-electron chi connectivity index (χ3n) is 4.27. The fourth-order valence-electron chi connectivity index (χ4n) is 3.03. The van der Waals surface area contributed by atoms with Crippen LogP contribution in [0.4, 0.5) is 5.69 Å². The van der Waals surface area contributed by atoms with Gasteiger partial charge in [-0.2, -0.15) is 14.0 Å². The van der Waals surface area contributed by atoms with Crippen molar-refractivity contribution in [3.05, 3.63) is 74.3 Å². The predicted octanol–water partition coefficient (Wildman–Crippen LogP) is -1.17. The zero-order valence-electron chi connectivity index (χ0n) is 15.1. The van der Waals surface area contributed by atoms with Crippen molar-refractivity contribution in [1.82, 2.24) is 9.55 Å². The number of fused-ring (bicyclic) bond motifs is 2. The lowest BCUT2D eigenvalue weighted by atomic mass is 10.1. The Morgan fingerprint density at radius 2 is 1.77 bits per heavy atom. The minimum atomic E-state index is -4.69. The zero-order chi connectivity index (χ0) is 22.1.